The topological polar surface area (TPSA) is 104 Å². The van der Waals surface area contributed by atoms with Gasteiger partial charge in [-0.2, -0.15) is 5.10 Å². The molecule has 6 aromatic rings. The Labute approximate surface area is 244 Å². The number of β-amino-alcohol motifs (C(OH)–C–C–N with tert-alkyl or cyclic N) is 1. The zero-order valence-corrected chi connectivity index (χ0v) is 24.1. The molecular formula is C33H31N5O3S. The van der Waals surface area contributed by atoms with E-state index in [1.165, 1.54) is 9.54 Å². The fourth-order valence-corrected chi connectivity index (χ4v) is 7.22. The fourth-order valence-electron chi connectivity index (χ4n) is 5.90. The normalized spacial score (nSPS) is 16.4. The predicted octanol–water partition coefficient (Wildman–Crippen LogP) is 5.75. The molecule has 1 fully saturated rings. The minimum Gasteiger partial charge on any atom is -0.392 e. The van der Waals surface area contributed by atoms with Gasteiger partial charge >= 0.3 is 0 Å². The lowest BCUT2D eigenvalue weighted by Gasteiger charge is -2.29. The van der Waals surface area contributed by atoms with E-state index in [2.05, 4.69) is 39.4 Å². The molecule has 4 heterocycles. The van der Waals surface area contributed by atoms with E-state index >= 15 is 0 Å². The van der Waals surface area contributed by atoms with Crippen molar-refractivity contribution in [3.8, 4) is 22.3 Å². The summed E-state index contributed by atoms with van der Waals surface area (Å²) in [4.78, 5) is 7.23. The van der Waals surface area contributed by atoms with Gasteiger partial charge in [0.25, 0.3) is 10.0 Å². The van der Waals surface area contributed by atoms with Crippen molar-refractivity contribution in [3.05, 3.63) is 103 Å². The highest BCUT2D eigenvalue weighted by molar-refractivity contribution is 7.90. The first-order chi connectivity index (χ1) is 20.4. The number of rotatable bonds is 6. The number of nitrogens with zero attached hydrogens (tertiary/aromatic N) is 4. The monoisotopic (exact) mass is 577 g/mol. The Morgan fingerprint density at radius 2 is 1.76 bits per heavy atom. The third-order valence-electron chi connectivity index (χ3n) is 8.14. The van der Waals surface area contributed by atoms with Gasteiger partial charge in [-0.1, -0.05) is 54.1 Å². The molecule has 0 spiro atoms. The quantitative estimate of drug-likeness (QED) is 0.261. The van der Waals surface area contributed by atoms with Crippen molar-refractivity contribution in [1.29, 1.82) is 0 Å². The van der Waals surface area contributed by atoms with E-state index in [1.54, 1.807) is 42.9 Å². The number of aromatic amines is 1. The van der Waals surface area contributed by atoms with Crippen LogP contribution in [0.2, 0.25) is 0 Å². The smallest absolute Gasteiger partial charge is 0.269 e. The van der Waals surface area contributed by atoms with Crippen molar-refractivity contribution >= 4 is 32.0 Å². The molecule has 0 aliphatic carbocycles. The summed E-state index contributed by atoms with van der Waals surface area (Å²) in [6, 6.07) is 23.1. The molecule has 9 heteroatoms. The summed E-state index contributed by atoms with van der Waals surface area (Å²) in [5.41, 5.74) is 6.95. The number of H-pyrrole nitrogens is 1. The molecule has 7 rings (SSSR count). The molecule has 212 valence electrons. The van der Waals surface area contributed by atoms with Crippen molar-refractivity contribution in [2.24, 2.45) is 0 Å². The third kappa shape index (κ3) is 4.79. The molecule has 3 aromatic heterocycles. The first kappa shape index (κ1) is 26.6. The van der Waals surface area contributed by atoms with Crippen molar-refractivity contribution in [2.45, 2.75) is 37.3 Å². The van der Waals surface area contributed by atoms with Gasteiger partial charge in [0.15, 0.2) is 5.65 Å². The average Bonchev–Trinajstić information content (AvgIpc) is 3.63. The molecule has 3 aromatic carbocycles. The molecule has 8 nitrogen and oxygen atoms in total. The van der Waals surface area contributed by atoms with Crippen molar-refractivity contribution in [2.75, 3.05) is 13.1 Å². The minimum atomic E-state index is -3.90. The van der Waals surface area contributed by atoms with Crippen LogP contribution in [0.15, 0.2) is 96.3 Å². The number of benzene rings is 3. The number of pyridine rings is 1. The van der Waals surface area contributed by atoms with Gasteiger partial charge in [-0.25, -0.2) is 17.4 Å². The van der Waals surface area contributed by atoms with Gasteiger partial charge in [-0.3, -0.25) is 10.00 Å². The van der Waals surface area contributed by atoms with Crippen LogP contribution >= 0.6 is 0 Å². The molecular weight excluding hydrogens is 546 g/mol. The van der Waals surface area contributed by atoms with Crippen LogP contribution in [0.4, 0.5) is 0 Å². The number of aliphatic hydroxyl groups excluding tert-OH is 1. The molecule has 1 unspecified atom stereocenters. The first-order valence-electron chi connectivity index (χ1n) is 14.1. The third-order valence-corrected chi connectivity index (χ3v) is 9.80. The van der Waals surface area contributed by atoms with E-state index < -0.39 is 10.0 Å². The Hall–Kier alpha value is -4.31. The molecule has 1 aliphatic heterocycles. The molecule has 0 bridgehead atoms. The zero-order chi connectivity index (χ0) is 28.8. The van der Waals surface area contributed by atoms with E-state index in [9.17, 15) is 13.5 Å². The van der Waals surface area contributed by atoms with Gasteiger partial charge in [0.05, 0.1) is 22.7 Å². The van der Waals surface area contributed by atoms with E-state index in [4.69, 9.17) is 4.98 Å². The number of likely N-dealkylation sites (tertiary alicyclic amines) is 1. The van der Waals surface area contributed by atoms with Gasteiger partial charge < -0.3 is 5.11 Å². The second-order valence-electron chi connectivity index (χ2n) is 11.1. The summed E-state index contributed by atoms with van der Waals surface area (Å²) >= 11 is 0. The van der Waals surface area contributed by atoms with E-state index in [0.29, 0.717) is 12.2 Å². The Kier molecular flexibility index (Phi) is 6.65. The van der Waals surface area contributed by atoms with Crippen LogP contribution in [-0.2, 0) is 16.6 Å². The Balaban J connectivity index is 1.33. The fraction of sp³-hybridized carbons (Fsp3) is 0.212. The largest absolute Gasteiger partial charge is 0.392 e. The maximum absolute atomic E-state index is 13.9. The molecule has 0 saturated carbocycles. The van der Waals surface area contributed by atoms with Crippen LogP contribution in [-0.4, -0.2) is 56.8 Å². The number of aliphatic hydroxyl groups is 1. The molecule has 1 aliphatic rings. The predicted molar refractivity (Wildman–Crippen MR) is 165 cm³/mol. The number of hydrogen-bond acceptors (Lipinski definition) is 6. The summed E-state index contributed by atoms with van der Waals surface area (Å²) < 4.78 is 29.0. The van der Waals surface area contributed by atoms with E-state index in [-0.39, 0.29) is 11.0 Å². The lowest BCUT2D eigenvalue weighted by atomic mass is 9.99. The van der Waals surface area contributed by atoms with Gasteiger partial charge in [-0.15, -0.1) is 0 Å². The number of hydrogen-bond donors (Lipinski definition) is 2. The lowest BCUT2D eigenvalue weighted by Crippen LogP contribution is -2.37. The highest BCUT2D eigenvalue weighted by Gasteiger charge is 2.24. The molecule has 42 heavy (non-hydrogen) atoms. The second-order valence-corrected chi connectivity index (χ2v) is 12.9. The summed E-state index contributed by atoms with van der Waals surface area (Å²) in [5.74, 6) is 0. The summed E-state index contributed by atoms with van der Waals surface area (Å²) in [7, 11) is -3.90. The van der Waals surface area contributed by atoms with Crippen LogP contribution in [0.5, 0.6) is 0 Å². The Morgan fingerprint density at radius 1 is 0.952 bits per heavy atom. The van der Waals surface area contributed by atoms with Crippen molar-refractivity contribution in [3.63, 3.8) is 0 Å². The van der Waals surface area contributed by atoms with Gasteiger partial charge in [0.1, 0.15) is 0 Å². The van der Waals surface area contributed by atoms with Gasteiger partial charge in [-0.05, 0) is 67.3 Å². The minimum absolute atomic E-state index is 0.209. The highest BCUT2D eigenvalue weighted by atomic mass is 32.2. The second kappa shape index (κ2) is 10.5. The Bertz CT molecular complexity index is 2010. The summed E-state index contributed by atoms with van der Waals surface area (Å²) in [6.07, 6.45) is 6.81. The number of piperidine rings is 1. The highest BCUT2D eigenvalue weighted by Crippen LogP contribution is 2.37. The number of fused-ring (bicyclic) bond motifs is 2. The maximum Gasteiger partial charge on any atom is 0.269 e. The SMILES string of the molecule is Cc1ccc(S(=O)(=O)n2cc(-c3cccc4[nH]ncc34)c3cc(-c4ccc(CN5CCCC(O)C5)cc4)cnc32)cc1. The standard InChI is InChI=1S/C33H31N5O3S/c1-22-7-13-27(14-8-22)42(40,41)38-21-31(28-5-2-6-32-30(28)18-35-36-32)29-16-25(17-34-33(29)38)24-11-9-23(10-12-24)19-37-15-3-4-26(39)20-37/h2,5-14,16-18,21,26,39H,3-4,15,19-20H2,1H3,(H,35,36). The number of nitrogens with one attached hydrogen (secondary N) is 1. The molecule has 1 saturated heterocycles. The van der Waals surface area contributed by atoms with E-state index in [1.807, 2.05) is 31.2 Å². The zero-order valence-electron chi connectivity index (χ0n) is 23.2. The van der Waals surface area contributed by atoms with Gasteiger partial charge in [0, 0.05) is 47.4 Å². The molecule has 0 radical (unpaired) electrons. The Morgan fingerprint density at radius 3 is 2.55 bits per heavy atom. The lowest BCUT2D eigenvalue weighted by molar-refractivity contribution is 0.0668. The van der Waals surface area contributed by atoms with Crippen LogP contribution in [0.25, 0.3) is 44.2 Å². The van der Waals surface area contributed by atoms with Crippen molar-refractivity contribution < 1.29 is 13.5 Å². The van der Waals surface area contributed by atoms with Crippen LogP contribution in [0.3, 0.4) is 0 Å². The molecule has 1 atom stereocenters. The summed E-state index contributed by atoms with van der Waals surface area (Å²) in [6.45, 7) is 4.43. The van der Waals surface area contributed by atoms with Crippen molar-refractivity contribution in [1.82, 2.24) is 24.1 Å². The van der Waals surface area contributed by atoms with Crippen LogP contribution < -0.4 is 0 Å². The first-order valence-corrected chi connectivity index (χ1v) is 15.6. The van der Waals surface area contributed by atoms with Crippen LogP contribution in [0, 0.1) is 6.92 Å². The average molecular weight is 578 g/mol. The van der Waals surface area contributed by atoms with Gasteiger partial charge in [0.2, 0.25) is 0 Å². The molecule has 2 N–H and O–H groups in total. The maximum atomic E-state index is 13.9. The van der Waals surface area contributed by atoms with E-state index in [0.717, 1.165) is 70.0 Å². The van der Waals surface area contributed by atoms with Crippen LogP contribution in [0.1, 0.15) is 24.0 Å². The molecule has 0 amide bonds. The number of aryl methyl sites for hydroxylation is 1. The summed E-state index contributed by atoms with van der Waals surface area (Å²) in [5, 5.41) is 18.9. The number of aromatic nitrogens is 4.